The third-order valence-corrected chi connectivity index (χ3v) is 4.76. The number of hydrogen-bond acceptors (Lipinski definition) is 6. The molecule has 0 unspecified atom stereocenters. The van der Waals surface area contributed by atoms with E-state index in [1.165, 1.54) is 12.1 Å². The van der Waals surface area contributed by atoms with Crippen molar-refractivity contribution in [2.24, 2.45) is 5.73 Å². The van der Waals surface area contributed by atoms with Crippen molar-refractivity contribution in [3.63, 3.8) is 0 Å². The number of imidazole rings is 1. The number of nitrogens with two attached hydrogens (primary N) is 1. The van der Waals surface area contributed by atoms with E-state index in [2.05, 4.69) is 15.0 Å². The van der Waals surface area contributed by atoms with Gasteiger partial charge in [-0.15, -0.1) is 0 Å². The summed E-state index contributed by atoms with van der Waals surface area (Å²) in [7, 11) is 1.55. The van der Waals surface area contributed by atoms with E-state index in [0.717, 1.165) is 5.52 Å². The third-order valence-electron chi connectivity index (χ3n) is 4.76. The van der Waals surface area contributed by atoms with Crippen molar-refractivity contribution < 1.29 is 13.5 Å². The number of ether oxygens (including phenoxy) is 1. The van der Waals surface area contributed by atoms with Gasteiger partial charge in [0.25, 0.3) is 0 Å². The Morgan fingerprint density at radius 3 is 2.78 bits per heavy atom. The van der Waals surface area contributed by atoms with Crippen molar-refractivity contribution in [1.82, 2.24) is 19.5 Å². The highest BCUT2D eigenvalue weighted by atomic mass is 19.1. The van der Waals surface area contributed by atoms with Gasteiger partial charge in [-0.3, -0.25) is 0 Å². The van der Waals surface area contributed by atoms with Gasteiger partial charge in [-0.25, -0.2) is 23.7 Å². The molecule has 0 spiro atoms. The van der Waals surface area contributed by atoms with Crippen molar-refractivity contribution in [2.45, 2.75) is 25.2 Å². The molecular weight excluding hydrogens is 354 g/mol. The van der Waals surface area contributed by atoms with E-state index in [1.807, 2.05) is 9.47 Å². The van der Waals surface area contributed by atoms with Gasteiger partial charge in [-0.1, -0.05) is 0 Å². The molecule has 1 saturated heterocycles. The monoisotopic (exact) mass is 374 g/mol. The Balaban J connectivity index is 1.74. The van der Waals surface area contributed by atoms with Crippen LogP contribution in [-0.4, -0.2) is 51.9 Å². The van der Waals surface area contributed by atoms with Crippen LogP contribution in [0.3, 0.4) is 0 Å². The SMILES string of the molecule is COc1cnc(Cn2c(N3CC[C@@H](F)[C@H](N)C3)nc3cc(F)ccc32)nc1. The van der Waals surface area contributed by atoms with Crippen LogP contribution in [0.5, 0.6) is 5.75 Å². The van der Waals surface area contributed by atoms with Crippen LogP contribution in [0.4, 0.5) is 14.7 Å². The number of alkyl halides is 1. The summed E-state index contributed by atoms with van der Waals surface area (Å²) in [6.07, 6.45) is 2.48. The van der Waals surface area contributed by atoms with Crippen LogP contribution in [0.15, 0.2) is 30.6 Å². The molecule has 1 aliphatic heterocycles. The fraction of sp³-hybridized carbons (Fsp3) is 0.389. The first-order valence-corrected chi connectivity index (χ1v) is 8.70. The minimum absolute atomic E-state index is 0.331. The lowest BCUT2D eigenvalue weighted by Gasteiger charge is -2.34. The van der Waals surface area contributed by atoms with Gasteiger partial charge in [0.05, 0.1) is 43.1 Å². The van der Waals surface area contributed by atoms with Gasteiger partial charge in [0, 0.05) is 19.2 Å². The zero-order chi connectivity index (χ0) is 19.0. The predicted octanol–water partition coefficient (Wildman–Crippen LogP) is 1.90. The number of halogens is 2. The van der Waals surface area contributed by atoms with Crippen molar-refractivity contribution in [1.29, 1.82) is 0 Å². The molecule has 9 heteroatoms. The van der Waals surface area contributed by atoms with E-state index < -0.39 is 12.2 Å². The summed E-state index contributed by atoms with van der Waals surface area (Å²) < 4.78 is 34.4. The third kappa shape index (κ3) is 3.42. The summed E-state index contributed by atoms with van der Waals surface area (Å²) in [5.74, 6) is 1.37. The van der Waals surface area contributed by atoms with E-state index in [4.69, 9.17) is 10.5 Å². The second kappa shape index (κ2) is 7.07. The summed E-state index contributed by atoms with van der Waals surface area (Å²) in [5, 5.41) is 0. The summed E-state index contributed by atoms with van der Waals surface area (Å²) in [6.45, 7) is 1.17. The lowest BCUT2D eigenvalue weighted by atomic mass is 10.1. The zero-order valence-corrected chi connectivity index (χ0v) is 14.8. The van der Waals surface area contributed by atoms with Crippen LogP contribution >= 0.6 is 0 Å². The number of aromatic nitrogens is 4. The fourth-order valence-corrected chi connectivity index (χ4v) is 3.29. The molecule has 4 rings (SSSR count). The smallest absolute Gasteiger partial charge is 0.207 e. The van der Waals surface area contributed by atoms with Gasteiger partial charge in [-0.2, -0.15) is 0 Å². The number of nitrogens with zero attached hydrogens (tertiary/aromatic N) is 5. The summed E-state index contributed by atoms with van der Waals surface area (Å²) >= 11 is 0. The minimum Gasteiger partial charge on any atom is -0.494 e. The van der Waals surface area contributed by atoms with Crippen LogP contribution < -0.4 is 15.4 Å². The maximum absolute atomic E-state index is 13.8. The van der Waals surface area contributed by atoms with Gasteiger partial charge in [0.1, 0.15) is 17.8 Å². The Morgan fingerprint density at radius 2 is 2.07 bits per heavy atom. The van der Waals surface area contributed by atoms with Crippen molar-refractivity contribution >= 4 is 17.0 Å². The Hall–Kier alpha value is -2.81. The molecular formula is C18H20F2N6O. The lowest BCUT2D eigenvalue weighted by Crippen LogP contribution is -2.50. The van der Waals surface area contributed by atoms with Crippen molar-refractivity contribution in [2.75, 3.05) is 25.1 Å². The van der Waals surface area contributed by atoms with E-state index >= 15 is 0 Å². The normalized spacial score (nSPS) is 20.2. The summed E-state index contributed by atoms with van der Waals surface area (Å²) in [6, 6.07) is 3.86. The molecule has 2 atom stereocenters. The van der Waals surface area contributed by atoms with Gasteiger partial charge >= 0.3 is 0 Å². The quantitative estimate of drug-likeness (QED) is 0.751. The van der Waals surface area contributed by atoms with Crippen LogP contribution in [0, 0.1) is 5.82 Å². The Bertz CT molecular complexity index is 945. The van der Waals surface area contributed by atoms with Crippen LogP contribution in [0.1, 0.15) is 12.2 Å². The number of benzene rings is 1. The first-order chi connectivity index (χ1) is 13.0. The molecule has 2 N–H and O–H groups in total. The van der Waals surface area contributed by atoms with Crippen molar-refractivity contribution in [3.8, 4) is 5.75 Å². The molecule has 2 aromatic heterocycles. The van der Waals surface area contributed by atoms with E-state index in [9.17, 15) is 8.78 Å². The second-order valence-corrected chi connectivity index (χ2v) is 6.58. The highest BCUT2D eigenvalue weighted by Gasteiger charge is 2.29. The molecule has 142 valence electrons. The number of hydrogen-bond donors (Lipinski definition) is 1. The Kier molecular flexibility index (Phi) is 4.61. The van der Waals surface area contributed by atoms with E-state index in [1.54, 1.807) is 25.6 Å². The molecule has 3 aromatic rings. The van der Waals surface area contributed by atoms with E-state index in [0.29, 0.717) is 49.1 Å². The van der Waals surface area contributed by atoms with Gasteiger partial charge in [-0.05, 0) is 18.6 Å². The minimum atomic E-state index is -1.03. The summed E-state index contributed by atoms with van der Waals surface area (Å²) in [5.41, 5.74) is 7.18. The van der Waals surface area contributed by atoms with Gasteiger partial charge in [0.15, 0.2) is 5.75 Å². The first-order valence-electron chi connectivity index (χ1n) is 8.70. The number of methoxy groups -OCH3 is 1. The zero-order valence-electron chi connectivity index (χ0n) is 14.8. The molecule has 3 heterocycles. The molecule has 1 aliphatic rings. The average Bonchev–Trinajstić information content (AvgIpc) is 3.02. The molecule has 0 saturated carbocycles. The van der Waals surface area contributed by atoms with Crippen molar-refractivity contribution in [3.05, 3.63) is 42.2 Å². The largest absolute Gasteiger partial charge is 0.494 e. The van der Waals surface area contributed by atoms with Gasteiger partial charge in [0.2, 0.25) is 5.95 Å². The lowest BCUT2D eigenvalue weighted by molar-refractivity contribution is 0.243. The molecule has 0 bridgehead atoms. The number of anilines is 1. The molecule has 0 aliphatic carbocycles. The topological polar surface area (TPSA) is 82.1 Å². The number of rotatable bonds is 4. The first kappa shape index (κ1) is 17.6. The Morgan fingerprint density at radius 1 is 1.30 bits per heavy atom. The molecule has 27 heavy (non-hydrogen) atoms. The molecule has 7 nitrogen and oxygen atoms in total. The highest BCUT2D eigenvalue weighted by Crippen LogP contribution is 2.27. The average molecular weight is 374 g/mol. The molecule has 0 amide bonds. The molecule has 1 fully saturated rings. The second-order valence-electron chi connectivity index (χ2n) is 6.58. The standard InChI is InChI=1S/C18H20F2N6O/c1-27-12-7-22-17(23-8-12)10-26-16-3-2-11(19)6-15(16)24-18(26)25-5-4-13(20)14(21)9-25/h2-3,6-8,13-14H,4-5,9-10,21H2,1H3/t13-,14-/m1/s1. The predicted molar refractivity (Wildman–Crippen MR) is 97.1 cm³/mol. The maximum atomic E-state index is 13.8. The Labute approximate surface area is 154 Å². The van der Waals surface area contributed by atoms with Gasteiger partial charge < -0.3 is 19.9 Å². The molecule has 0 radical (unpaired) electrons. The number of fused-ring (bicyclic) bond motifs is 1. The molecule has 1 aromatic carbocycles. The summed E-state index contributed by atoms with van der Waals surface area (Å²) in [4.78, 5) is 15.1. The van der Waals surface area contributed by atoms with Crippen LogP contribution in [0.25, 0.3) is 11.0 Å². The van der Waals surface area contributed by atoms with Crippen LogP contribution in [0.2, 0.25) is 0 Å². The fourth-order valence-electron chi connectivity index (χ4n) is 3.29. The number of piperidine rings is 1. The van der Waals surface area contributed by atoms with E-state index in [-0.39, 0.29) is 5.82 Å². The maximum Gasteiger partial charge on any atom is 0.207 e. The highest BCUT2D eigenvalue weighted by molar-refractivity contribution is 5.79. The van der Waals surface area contributed by atoms with Crippen LogP contribution in [-0.2, 0) is 6.54 Å².